The van der Waals surface area contributed by atoms with Crippen molar-refractivity contribution in [3.63, 3.8) is 0 Å². The van der Waals surface area contributed by atoms with Crippen LogP contribution in [0.25, 0.3) is 5.57 Å². The molecule has 32 heavy (non-hydrogen) atoms. The fourth-order valence-corrected chi connectivity index (χ4v) is 5.12. The first-order valence-corrected chi connectivity index (χ1v) is 13.5. The Morgan fingerprint density at radius 1 is 1.25 bits per heavy atom. The number of amides is 1. The minimum Gasteiger partial charge on any atom is -0.494 e. The minimum atomic E-state index is -3.13. The summed E-state index contributed by atoms with van der Waals surface area (Å²) in [5.74, 6) is 1.42. The van der Waals surface area contributed by atoms with Crippen molar-refractivity contribution in [2.75, 3.05) is 32.5 Å². The van der Waals surface area contributed by atoms with Crippen LogP contribution in [0.4, 0.5) is 4.79 Å². The van der Waals surface area contributed by atoms with E-state index in [1.807, 2.05) is 49.1 Å². The average molecular weight is 465 g/mol. The molecule has 7 nitrogen and oxygen atoms in total. The standard InChI is InChI=1S/C24H36N2O5S/c1-18(2)31-24(27)26-13-10-19(11-14-26)6-5-15-30-22-8-4-7-20(16-22)21-9-12-25-23(17-21)32(3,28)29/h4,7-9,16,18-19,23,25H,5-6,10-15,17H2,1-3H3. The molecule has 1 aromatic carbocycles. The van der Waals surface area contributed by atoms with Gasteiger partial charge in [0.05, 0.1) is 12.7 Å². The van der Waals surface area contributed by atoms with Crippen molar-refractivity contribution in [3.05, 3.63) is 35.9 Å². The quantitative estimate of drug-likeness (QED) is 0.588. The van der Waals surface area contributed by atoms with Gasteiger partial charge in [0.25, 0.3) is 0 Å². The van der Waals surface area contributed by atoms with E-state index in [0.29, 0.717) is 25.5 Å². The van der Waals surface area contributed by atoms with Crippen LogP contribution in [0.1, 0.15) is 51.5 Å². The molecule has 1 amide bonds. The lowest BCUT2D eigenvalue weighted by Crippen LogP contribution is -2.39. The van der Waals surface area contributed by atoms with Gasteiger partial charge in [-0.2, -0.15) is 0 Å². The summed E-state index contributed by atoms with van der Waals surface area (Å²) in [6, 6.07) is 7.89. The lowest BCUT2D eigenvalue weighted by Gasteiger charge is -2.31. The molecular weight excluding hydrogens is 428 g/mol. The third kappa shape index (κ3) is 7.24. The molecule has 1 fully saturated rings. The second-order valence-electron chi connectivity index (χ2n) is 9.04. The normalized spacial score (nSPS) is 20.2. The van der Waals surface area contributed by atoms with E-state index >= 15 is 0 Å². The lowest BCUT2D eigenvalue weighted by molar-refractivity contribution is 0.0643. The summed E-state index contributed by atoms with van der Waals surface area (Å²) in [5, 5.41) is 2.50. The molecule has 1 saturated heterocycles. The van der Waals surface area contributed by atoms with Crippen LogP contribution >= 0.6 is 0 Å². The number of benzene rings is 1. The van der Waals surface area contributed by atoms with Crippen LogP contribution in [0.15, 0.2) is 30.3 Å². The largest absolute Gasteiger partial charge is 0.494 e. The number of rotatable bonds is 8. The molecule has 1 atom stereocenters. The van der Waals surface area contributed by atoms with Crippen molar-refractivity contribution < 1.29 is 22.7 Å². The van der Waals surface area contributed by atoms with Crippen molar-refractivity contribution in [2.24, 2.45) is 5.92 Å². The van der Waals surface area contributed by atoms with E-state index in [1.165, 1.54) is 6.26 Å². The molecule has 0 radical (unpaired) electrons. The number of sulfone groups is 1. The summed E-state index contributed by atoms with van der Waals surface area (Å²) in [6.45, 7) is 6.46. The summed E-state index contributed by atoms with van der Waals surface area (Å²) >= 11 is 0. The molecule has 8 heteroatoms. The maximum atomic E-state index is 12.0. The lowest BCUT2D eigenvalue weighted by atomic mass is 9.92. The number of ether oxygens (including phenoxy) is 2. The van der Waals surface area contributed by atoms with Gasteiger partial charge in [0.2, 0.25) is 0 Å². The van der Waals surface area contributed by atoms with Crippen LogP contribution in [0.5, 0.6) is 5.75 Å². The third-order valence-corrected chi connectivity index (χ3v) is 7.42. The van der Waals surface area contributed by atoms with Crippen molar-refractivity contribution in [1.29, 1.82) is 0 Å². The molecule has 0 aliphatic carbocycles. The fourth-order valence-electron chi connectivity index (χ4n) is 4.24. The van der Waals surface area contributed by atoms with E-state index in [9.17, 15) is 13.2 Å². The van der Waals surface area contributed by atoms with Crippen molar-refractivity contribution in [3.8, 4) is 5.75 Å². The minimum absolute atomic E-state index is 0.0805. The van der Waals surface area contributed by atoms with Gasteiger partial charge >= 0.3 is 6.09 Å². The Morgan fingerprint density at radius 3 is 2.69 bits per heavy atom. The van der Waals surface area contributed by atoms with Gasteiger partial charge in [-0.1, -0.05) is 18.2 Å². The molecule has 0 saturated carbocycles. The highest BCUT2D eigenvalue weighted by molar-refractivity contribution is 7.91. The van der Waals surface area contributed by atoms with Gasteiger partial charge in [0, 0.05) is 32.3 Å². The smallest absolute Gasteiger partial charge is 0.410 e. The van der Waals surface area contributed by atoms with Gasteiger partial charge in [0.15, 0.2) is 9.84 Å². The van der Waals surface area contributed by atoms with E-state index in [-0.39, 0.29) is 12.2 Å². The number of carbonyl (C=O) groups is 1. The summed E-state index contributed by atoms with van der Waals surface area (Å²) in [7, 11) is -3.13. The monoisotopic (exact) mass is 464 g/mol. The first-order chi connectivity index (χ1) is 15.2. The molecule has 0 bridgehead atoms. The predicted molar refractivity (Wildman–Crippen MR) is 126 cm³/mol. The predicted octanol–water partition coefficient (Wildman–Crippen LogP) is 3.85. The highest BCUT2D eigenvalue weighted by Gasteiger charge is 2.25. The van der Waals surface area contributed by atoms with Gasteiger partial charge in [0.1, 0.15) is 11.1 Å². The Morgan fingerprint density at radius 2 is 2.00 bits per heavy atom. The van der Waals surface area contributed by atoms with E-state index in [4.69, 9.17) is 9.47 Å². The third-order valence-electron chi connectivity index (χ3n) is 6.06. The van der Waals surface area contributed by atoms with Crippen LogP contribution < -0.4 is 10.1 Å². The summed E-state index contributed by atoms with van der Waals surface area (Å²) in [5.41, 5.74) is 2.05. The zero-order valence-corrected chi connectivity index (χ0v) is 20.2. The fraction of sp³-hybridized carbons (Fsp3) is 0.625. The van der Waals surface area contributed by atoms with Gasteiger partial charge < -0.3 is 14.4 Å². The molecule has 1 aromatic rings. The maximum Gasteiger partial charge on any atom is 0.410 e. The summed E-state index contributed by atoms with van der Waals surface area (Å²) < 4.78 is 35.0. The van der Waals surface area contributed by atoms with Crippen molar-refractivity contribution in [2.45, 2.75) is 57.4 Å². The first-order valence-electron chi connectivity index (χ1n) is 11.5. The van der Waals surface area contributed by atoms with Gasteiger partial charge in [-0.3, -0.25) is 5.32 Å². The Kier molecular flexibility index (Phi) is 8.59. The molecular formula is C24H36N2O5S. The number of nitrogens with zero attached hydrogens (tertiary/aromatic N) is 1. The molecule has 178 valence electrons. The maximum absolute atomic E-state index is 12.0. The van der Waals surface area contributed by atoms with Crippen LogP contribution in [-0.2, 0) is 14.6 Å². The molecule has 0 spiro atoms. The summed E-state index contributed by atoms with van der Waals surface area (Å²) in [6.07, 6.45) is 7.56. The Balaban J connectivity index is 1.41. The Labute approximate surface area is 192 Å². The zero-order valence-electron chi connectivity index (χ0n) is 19.4. The molecule has 2 aliphatic rings. The molecule has 2 heterocycles. The first kappa shape index (κ1) is 24.6. The summed E-state index contributed by atoms with van der Waals surface area (Å²) in [4.78, 5) is 13.8. The number of carbonyl (C=O) groups excluding carboxylic acids is 1. The average Bonchev–Trinajstić information content (AvgIpc) is 2.76. The van der Waals surface area contributed by atoms with Gasteiger partial charge in [-0.05, 0) is 68.7 Å². The second kappa shape index (κ2) is 11.2. The van der Waals surface area contributed by atoms with Crippen LogP contribution in [0.3, 0.4) is 0 Å². The number of hydrogen-bond acceptors (Lipinski definition) is 6. The Bertz CT molecular complexity index is 905. The molecule has 2 aliphatic heterocycles. The van der Waals surface area contributed by atoms with Crippen molar-refractivity contribution >= 4 is 21.5 Å². The molecule has 0 aromatic heterocycles. The highest BCUT2D eigenvalue weighted by atomic mass is 32.2. The van der Waals surface area contributed by atoms with E-state index in [1.54, 1.807) is 0 Å². The number of nitrogens with one attached hydrogen (secondary N) is 1. The number of likely N-dealkylation sites (tertiary alicyclic amines) is 1. The van der Waals surface area contributed by atoms with Crippen LogP contribution in [0, 0.1) is 5.92 Å². The van der Waals surface area contributed by atoms with E-state index in [2.05, 4.69) is 5.32 Å². The topological polar surface area (TPSA) is 84.9 Å². The number of hydrogen-bond donors (Lipinski definition) is 1. The molecule has 1 N–H and O–H groups in total. The van der Waals surface area contributed by atoms with Crippen LogP contribution in [0.2, 0.25) is 0 Å². The van der Waals surface area contributed by atoms with Gasteiger partial charge in [-0.25, -0.2) is 13.2 Å². The molecule has 3 rings (SSSR count). The van der Waals surface area contributed by atoms with Crippen molar-refractivity contribution in [1.82, 2.24) is 10.2 Å². The van der Waals surface area contributed by atoms with Crippen LogP contribution in [-0.4, -0.2) is 63.4 Å². The van der Waals surface area contributed by atoms with E-state index in [0.717, 1.165) is 55.7 Å². The van der Waals surface area contributed by atoms with E-state index < -0.39 is 15.2 Å². The number of piperidine rings is 1. The highest BCUT2D eigenvalue weighted by Crippen LogP contribution is 2.27. The Hall–Kier alpha value is -2.06. The SMILES string of the molecule is CC(C)OC(=O)N1CCC(CCCOc2cccc(C3=CCNC(S(C)(=O)=O)C3)c2)CC1. The zero-order chi connectivity index (χ0) is 23.1. The van der Waals surface area contributed by atoms with Gasteiger partial charge in [-0.15, -0.1) is 0 Å². The molecule has 1 unspecified atom stereocenters. The second-order valence-corrected chi connectivity index (χ2v) is 11.3.